The van der Waals surface area contributed by atoms with Crippen molar-refractivity contribution >= 4 is 39.1 Å². The molecule has 0 spiro atoms. The minimum absolute atomic E-state index is 0.0643. The molecule has 0 bridgehead atoms. The number of carbonyl (C=O) groups is 1. The van der Waals surface area contributed by atoms with Gasteiger partial charge in [-0.15, -0.1) is 0 Å². The average molecular weight is 502 g/mol. The van der Waals surface area contributed by atoms with Gasteiger partial charge in [-0.05, 0) is 42.8 Å². The molecule has 2 aromatic heterocycles. The van der Waals surface area contributed by atoms with Crippen LogP contribution in [0.15, 0.2) is 70.2 Å². The summed E-state index contributed by atoms with van der Waals surface area (Å²) >= 11 is 3.32. The molecule has 1 amide bonds. The molecule has 0 saturated carbocycles. The van der Waals surface area contributed by atoms with Crippen molar-refractivity contribution in [3.63, 3.8) is 0 Å². The van der Waals surface area contributed by atoms with Crippen LogP contribution in [0.25, 0.3) is 16.7 Å². The third kappa shape index (κ3) is 4.40. The molecule has 6 nitrogen and oxygen atoms in total. The Hall–Kier alpha value is -3.53. The fraction of sp³-hybridized carbons (Fsp3) is 0.0909. The lowest BCUT2D eigenvalue weighted by Gasteiger charge is -2.10. The van der Waals surface area contributed by atoms with E-state index in [-0.39, 0.29) is 16.6 Å². The summed E-state index contributed by atoms with van der Waals surface area (Å²) < 4.78 is 42.8. The van der Waals surface area contributed by atoms with Crippen LogP contribution in [-0.2, 0) is 6.18 Å². The van der Waals surface area contributed by atoms with Gasteiger partial charge in [0.1, 0.15) is 5.69 Å². The van der Waals surface area contributed by atoms with Crippen molar-refractivity contribution < 1.29 is 18.0 Å². The first-order chi connectivity index (χ1) is 15.2. The van der Waals surface area contributed by atoms with Crippen LogP contribution in [0, 0.1) is 6.92 Å². The molecule has 0 saturated heterocycles. The van der Waals surface area contributed by atoms with Gasteiger partial charge in [-0.1, -0.05) is 46.3 Å². The molecule has 32 heavy (non-hydrogen) atoms. The lowest BCUT2D eigenvalue weighted by atomic mass is 10.1. The van der Waals surface area contributed by atoms with E-state index in [1.165, 1.54) is 10.9 Å². The summed E-state index contributed by atoms with van der Waals surface area (Å²) in [6, 6.07) is 16.5. The third-order valence-electron chi connectivity index (χ3n) is 4.60. The van der Waals surface area contributed by atoms with Crippen molar-refractivity contribution in [1.29, 1.82) is 0 Å². The van der Waals surface area contributed by atoms with Crippen LogP contribution in [-0.4, -0.2) is 26.9 Å². The fourth-order valence-electron chi connectivity index (χ4n) is 3.14. The Labute approximate surface area is 188 Å². The molecule has 0 atom stereocenters. The Bertz CT molecular complexity index is 1320. The number of nitrogens with zero attached hydrogens (tertiary/aromatic N) is 4. The number of para-hydroxylation sites is 1. The maximum absolute atomic E-state index is 13.5. The maximum Gasteiger partial charge on any atom is 0.433 e. The summed E-state index contributed by atoms with van der Waals surface area (Å²) in [5.41, 5.74) is 2.43. The largest absolute Gasteiger partial charge is 0.433 e. The van der Waals surface area contributed by atoms with Crippen LogP contribution in [0.4, 0.5) is 13.2 Å². The number of carbonyl (C=O) groups excluding carboxylic acids is 1. The average Bonchev–Trinajstić information content (AvgIpc) is 3.11. The van der Waals surface area contributed by atoms with Crippen LogP contribution in [0.3, 0.4) is 0 Å². The van der Waals surface area contributed by atoms with E-state index in [0.717, 1.165) is 10.5 Å². The highest BCUT2D eigenvalue weighted by Gasteiger charge is 2.35. The van der Waals surface area contributed by atoms with Gasteiger partial charge in [-0.25, -0.2) is 15.1 Å². The second-order valence-electron chi connectivity index (χ2n) is 6.83. The summed E-state index contributed by atoms with van der Waals surface area (Å²) in [6.07, 6.45) is -3.35. The number of amides is 1. The van der Waals surface area contributed by atoms with E-state index in [1.54, 1.807) is 61.5 Å². The highest BCUT2D eigenvalue weighted by molar-refractivity contribution is 9.10. The Morgan fingerprint density at radius 3 is 2.47 bits per heavy atom. The van der Waals surface area contributed by atoms with Crippen LogP contribution < -0.4 is 5.43 Å². The van der Waals surface area contributed by atoms with Crippen LogP contribution >= 0.6 is 15.9 Å². The van der Waals surface area contributed by atoms with Gasteiger partial charge in [0.25, 0.3) is 5.91 Å². The number of alkyl halides is 3. The number of pyridine rings is 1. The number of hydrazone groups is 1. The Kier molecular flexibility index (Phi) is 5.79. The minimum atomic E-state index is -4.75. The second-order valence-corrected chi connectivity index (χ2v) is 7.75. The van der Waals surface area contributed by atoms with E-state index in [1.807, 2.05) is 0 Å². The summed E-state index contributed by atoms with van der Waals surface area (Å²) in [7, 11) is 0. The van der Waals surface area contributed by atoms with Gasteiger partial charge < -0.3 is 0 Å². The standard InChI is InChI=1S/C22H15BrF3N5O/c1-13-19-17(21(32)29-27-12-14-7-9-15(23)10-8-14)11-18(22(24,25)26)28-20(19)31(30-13)16-5-3-2-4-6-16/h2-12H,1H3,(H,29,32)/b27-12+. The van der Waals surface area contributed by atoms with Crippen molar-refractivity contribution in [2.24, 2.45) is 5.10 Å². The lowest BCUT2D eigenvalue weighted by Crippen LogP contribution is -2.20. The number of rotatable bonds is 4. The van der Waals surface area contributed by atoms with Gasteiger partial charge >= 0.3 is 6.18 Å². The molecule has 4 rings (SSSR count). The lowest BCUT2D eigenvalue weighted by molar-refractivity contribution is -0.141. The van der Waals surface area contributed by atoms with E-state index in [4.69, 9.17) is 0 Å². The molecule has 162 valence electrons. The molecular formula is C22H15BrF3N5O. The number of hydrogen-bond acceptors (Lipinski definition) is 4. The van der Waals surface area contributed by atoms with E-state index in [2.05, 4.69) is 36.5 Å². The number of halogens is 4. The number of aromatic nitrogens is 3. The van der Waals surface area contributed by atoms with Crippen LogP contribution in [0.2, 0.25) is 0 Å². The van der Waals surface area contributed by atoms with Crippen molar-refractivity contribution in [3.8, 4) is 5.69 Å². The van der Waals surface area contributed by atoms with Crippen molar-refractivity contribution in [1.82, 2.24) is 20.2 Å². The number of aryl methyl sites for hydroxylation is 1. The maximum atomic E-state index is 13.5. The highest BCUT2D eigenvalue weighted by atomic mass is 79.9. The zero-order valence-electron chi connectivity index (χ0n) is 16.6. The fourth-order valence-corrected chi connectivity index (χ4v) is 3.40. The normalized spacial score (nSPS) is 11.9. The van der Waals surface area contributed by atoms with Gasteiger partial charge in [-0.3, -0.25) is 4.79 Å². The summed E-state index contributed by atoms with van der Waals surface area (Å²) in [4.78, 5) is 16.6. The first-order valence-electron chi connectivity index (χ1n) is 9.36. The van der Waals surface area contributed by atoms with Crippen molar-refractivity contribution in [2.45, 2.75) is 13.1 Å². The third-order valence-corrected chi connectivity index (χ3v) is 5.13. The van der Waals surface area contributed by atoms with E-state index < -0.39 is 17.8 Å². The number of fused-ring (bicyclic) bond motifs is 1. The number of hydrogen-bond donors (Lipinski definition) is 1. The van der Waals surface area contributed by atoms with Crippen molar-refractivity contribution in [3.05, 3.63) is 87.7 Å². The van der Waals surface area contributed by atoms with Gasteiger partial charge in [0.2, 0.25) is 0 Å². The molecule has 0 aliphatic rings. The predicted octanol–water partition coefficient (Wildman–Crippen LogP) is 5.27. The Balaban J connectivity index is 1.78. The van der Waals surface area contributed by atoms with Crippen molar-refractivity contribution in [2.75, 3.05) is 0 Å². The summed E-state index contributed by atoms with van der Waals surface area (Å²) in [5.74, 6) is -0.799. The number of benzene rings is 2. The quantitative estimate of drug-likeness (QED) is 0.305. The zero-order valence-corrected chi connectivity index (χ0v) is 18.1. The van der Waals surface area contributed by atoms with Gasteiger partial charge in [0, 0.05) is 4.47 Å². The molecule has 0 aliphatic carbocycles. The van der Waals surface area contributed by atoms with E-state index >= 15 is 0 Å². The molecule has 2 aromatic carbocycles. The smallest absolute Gasteiger partial charge is 0.267 e. The molecule has 10 heteroatoms. The molecule has 4 aromatic rings. The van der Waals surface area contributed by atoms with E-state index in [0.29, 0.717) is 16.9 Å². The predicted molar refractivity (Wildman–Crippen MR) is 118 cm³/mol. The molecule has 0 unspecified atom stereocenters. The molecule has 0 radical (unpaired) electrons. The van der Waals surface area contributed by atoms with Gasteiger partial charge in [0.15, 0.2) is 5.65 Å². The van der Waals surface area contributed by atoms with E-state index in [9.17, 15) is 18.0 Å². The van der Waals surface area contributed by atoms with Gasteiger partial charge in [0.05, 0.1) is 28.5 Å². The molecule has 0 fully saturated rings. The molecule has 0 aliphatic heterocycles. The highest BCUT2D eigenvalue weighted by Crippen LogP contribution is 2.32. The molecule has 1 N–H and O–H groups in total. The Morgan fingerprint density at radius 2 is 1.81 bits per heavy atom. The molecule has 2 heterocycles. The first-order valence-corrected chi connectivity index (χ1v) is 10.2. The SMILES string of the molecule is Cc1nn(-c2ccccc2)c2nc(C(F)(F)F)cc(C(=O)N/N=C/c3ccc(Br)cc3)c12. The molecular weight excluding hydrogens is 487 g/mol. The first kappa shape index (κ1) is 21.7. The van der Waals surface area contributed by atoms with Crippen LogP contribution in [0.5, 0.6) is 0 Å². The minimum Gasteiger partial charge on any atom is -0.267 e. The van der Waals surface area contributed by atoms with Crippen LogP contribution in [0.1, 0.15) is 27.3 Å². The number of nitrogens with one attached hydrogen (secondary N) is 1. The topological polar surface area (TPSA) is 72.2 Å². The Morgan fingerprint density at radius 1 is 1.12 bits per heavy atom. The monoisotopic (exact) mass is 501 g/mol. The van der Waals surface area contributed by atoms with Gasteiger partial charge in [-0.2, -0.15) is 23.4 Å². The zero-order chi connectivity index (χ0) is 22.9. The second kappa shape index (κ2) is 8.54. The summed E-state index contributed by atoms with van der Waals surface area (Å²) in [6.45, 7) is 1.61. The summed E-state index contributed by atoms with van der Waals surface area (Å²) in [5, 5.41) is 8.42.